The number of para-hydroxylation sites is 2. The highest BCUT2D eigenvalue weighted by Crippen LogP contribution is 2.39. The van der Waals surface area contributed by atoms with Crippen LogP contribution in [-0.4, -0.2) is 4.57 Å². The summed E-state index contributed by atoms with van der Waals surface area (Å²) in [6, 6.07) is 33.4. The number of hydrogen-bond acceptors (Lipinski definition) is 2. The van der Waals surface area contributed by atoms with Crippen LogP contribution in [0.4, 0.5) is 0 Å². The van der Waals surface area contributed by atoms with Crippen LogP contribution >= 0.6 is 0 Å². The molecule has 0 aliphatic heterocycles. The molecule has 0 N–H and O–H groups in total. The molecule has 158 valence electrons. The van der Waals surface area contributed by atoms with E-state index in [0.717, 1.165) is 57.1 Å². The predicted molar refractivity (Wildman–Crippen MR) is 136 cm³/mol. The minimum absolute atomic E-state index is 0.607. The molecule has 0 fully saturated rings. The highest BCUT2D eigenvalue weighted by atomic mass is 16.3. The van der Waals surface area contributed by atoms with Crippen molar-refractivity contribution in [2.45, 2.75) is 12.8 Å². The van der Waals surface area contributed by atoms with Crippen LogP contribution in [0.25, 0.3) is 55.7 Å². The highest BCUT2D eigenvalue weighted by molar-refractivity contribution is 6.05. The third kappa shape index (κ3) is 2.59. The molecule has 0 saturated carbocycles. The van der Waals surface area contributed by atoms with Crippen LogP contribution in [-0.2, 0) is 6.42 Å². The van der Waals surface area contributed by atoms with Crippen LogP contribution in [0.15, 0.2) is 83.3 Å². The SMILES string of the molecule is N#Cc1cccc(-n2c3c(c4ccccc42)C=CCC3)c1-c1c#cc2c(c1)oc1ccccc12. The number of nitrogens with zero attached hydrogens (tertiary/aromatic N) is 2. The van der Waals surface area contributed by atoms with Gasteiger partial charge in [0, 0.05) is 33.2 Å². The zero-order valence-electron chi connectivity index (χ0n) is 18.3. The van der Waals surface area contributed by atoms with E-state index < -0.39 is 0 Å². The van der Waals surface area contributed by atoms with E-state index in [1.165, 1.54) is 16.6 Å². The number of allylic oxidation sites excluding steroid dienone is 1. The molecular formula is C31H18N2O. The summed E-state index contributed by atoms with van der Waals surface area (Å²) in [5.41, 5.74) is 8.48. The van der Waals surface area contributed by atoms with Crippen molar-refractivity contribution in [2.75, 3.05) is 0 Å². The van der Waals surface area contributed by atoms with E-state index >= 15 is 0 Å². The average molecular weight is 434 g/mol. The van der Waals surface area contributed by atoms with E-state index in [9.17, 15) is 5.26 Å². The Bertz CT molecular complexity index is 1820. The molecule has 7 rings (SSSR count). The monoisotopic (exact) mass is 434 g/mol. The van der Waals surface area contributed by atoms with Gasteiger partial charge in [-0.3, -0.25) is 0 Å². The molecule has 0 atom stereocenters. The van der Waals surface area contributed by atoms with Crippen LogP contribution in [0.2, 0.25) is 0 Å². The van der Waals surface area contributed by atoms with Crippen molar-refractivity contribution in [3.63, 3.8) is 0 Å². The van der Waals surface area contributed by atoms with Gasteiger partial charge in [0.05, 0.1) is 28.2 Å². The fourth-order valence-electron chi connectivity index (χ4n) is 5.28. The standard InChI is InChI=1S/C31H18N2O/c32-19-21-8-7-14-28(33-26-12-4-1-9-22(26)23-10-2-5-13-27(23)33)31(21)20-16-17-25-24-11-3-6-15-29(24)34-30(25)18-20/h1-4,6-12,14-15,18H,5,13H2. The van der Waals surface area contributed by atoms with Gasteiger partial charge in [0.1, 0.15) is 11.2 Å². The van der Waals surface area contributed by atoms with Crippen LogP contribution in [0, 0.1) is 23.5 Å². The Balaban J connectivity index is 1.55. The van der Waals surface area contributed by atoms with Crippen LogP contribution in [0.1, 0.15) is 23.2 Å². The topological polar surface area (TPSA) is 41.9 Å². The van der Waals surface area contributed by atoms with Gasteiger partial charge < -0.3 is 8.98 Å². The lowest BCUT2D eigenvalue weighted by Crippen LogP contribution is -2.05. The van der Waals surface area contributed by atoms with Crippen LogP contribution in [0.3, 0.4) is 0 Å². The van der Waals surface area contributed by atoms with Crippen molar-refractivity contribution >= 4 is 38.9 Å². The fourth-order valence-corrected chi connectivity index (χ4v) is 5.28. The molecule has 3 heteroatoms. The first-order chi connectivity index (χ1) is 16.8. The van der Waals surface area contributed by atoms with Crippen LogP contribution < -0.4 is 0 Å². The molecule has 2 aromatic heterocycles. The molecule has 1 aliphatic rings. The van der Waals surface area contributed by atoms with Crippen molar-refractivity contribution in [3.05, 3.63) is 108 Å². The van der Waals surface area contributed by atoms with E-state index in [0.29, 0.717) is 5.56 Å². The quantitative estimate of drug-likeness (QED) is 0.281. The van der Waals surface area contributed by atoms with Crippen LogP contribution in [0.5, 0.6) is 0 Å². The van der Waals surface area contributed by atoms with E-state index in [2.05, 4.69) is 65.3 Å². The summed E-state index contributed by atoms with van der Waals surface area (Å²) >= 11 is 0. The van der Waals surface area contributed by atoms with Crippen molar-refractivity contribution in [2.24, 2.45) is 0 Å². The summed E-state index contributed by atoms with van der Waals surface area (Å²) in [6.07, 6.45) is 6.42. The largest absolute Gasteiger partial charge is 0.455 e. The molecular weight excluding hydrogens is 416 g/mol. The molecule has 0 bridgehead atoms. The molecule has 4 aromatic carbocycles. The Morgan fingerprint density at radius 1 is 0.882 bits per heavy atom. The maximum absolute atomic E-state index is 10.1. The third-order valence-electron chi connectivity index (χ3n) is 6.74. The van der Waals surface area contributed by atoms with E-state index in [-0.39, 0.29) is 0 Å². The zero-order chi connectivity index (χ0) is 22.6. The van der Waals surface area contributed by atoms with Gasteiger partial charge in [0.2, 0.25) is 0 Å². The number of furan rings is 1. The summed E-state index contributed by atoms with van der Waals surface area (Å²) in [5, 5.41) is 13.2. The summed E-state index contributed by atoms with van der Waals surface area (Å²) in [5.74, 6) is 0. The molecule has 0 spiro atoms. The molecule has 3 nitrogen and oxygen atoms in total. The van der Waals surface area contributed by atoms with Gasteiger partial charge in [-0.15, -0.1) is 0 Å². The van der Waals surface area contributed by atoms with Gasteiger partial charge in [-0.05, 0) is 49.2 Å². The highest BCUT2D eigenvalue weighted by Gasteiger charge is 2.22. The summed E-state index contributed by atoms with van der Waals surface area (Å²) in [7, 11) is 0. The number of benzene rings is 3. The molecule has 0 saturated heterocycles. The van der Waals surface area contributed by atoms with Crippen molar-refractivity contribution in [1.82, 2.24) is 4.57 Å². The Hall–Kier alpha value is -4.73. The normalized spacial score (nSPS) is 12.7. The van der Waals surface area contributed by atoms with E-state index in [1.54, 1.807) is 0 Å². The first kappa shape index (κ1) is 18.8. The lowest BCUT2D eigenvalue weighted by atomic mass is 9.97. The Labute approximate surface area is 196 Å². The summed E-state index contributed by atoms with van der Waals surface area (Å²) < 4.78 is 8.45. The molecule has 0 amide bonds. The maximum Gasteiger partial charge on any atom is 0.145 e. The maximum atomic E-state index is 10.1. The molecule has 6 aromatic rings. The van der Waals surface area contributed by atoms with Gasteiger partial charge in [-0.25, -0.2) is 0 Å². The Morgan fingerprint density at radius 3 is 2.65 bits per heavy atom. The van der Waals surface area contributed by atoms with Crippen molar-refractivity contribution < 1.29 is 4.42 Å². The lowest BCUT2D eigenvalue weighted by Gasteiger charge is -2.17. The molecule has 34 heavy (non-hydrogen) atoms. The minimum atomic E-state index is 0.607. The van der Waals surface area contributed by atoms with Gasteiger partial charge in [0.25, 0.3) is 0 Å². The molecule has 0 unspecified atom stereocenters. The number of fused-ring (bicyclic) bond motifs is 6. The summed E-state index contributed by atoms with van der Waals surface area (Å²) in [6.45, 7) is 0. The second-order valence-electron chi connectivity index (χ2n) is 8.61. The summed E-state index contributed by atoms with van der Waals surface area (Å²) in [4.78, 5) is 0. The van der Waals surface area contributed by atoms with Gasteiger partial charge in [-0.2, -0.15) is 5.26 Å². The fraction of sp³-hybridized carbons (Fsp3) is 0.0645. The molecule has 2 heterocycles. The van der Waals surface area contributed by atoms with Crippen molar-refractivity contribution in [1.29, 1.82) is 5.26 Å². The van der Waals surface area contributed by atoms with Gasteiger partial charge in [-0.1, -0.05) is 60.7 Å². The van der Waals surface area contributed by atoms with E-state index in [4.69, 9.17) is 4.42 Å². The number of nitriles is 1. The predicted octanol–water partition coefficient (Wildman–Crippen LogP) is 7.63. The smallest absolute Gasteiger partial charge is 0.145 e. The number of rotatable bonds is 2. The van der Waals surface area contributed by atoms with Gasteiger partial charge in [0.15, 0.2) is 0 Å². The second-order valence-corrected chi connectivity index (χ2v) is 8.61. The Morgan fingerprint density at radius 2 is 1.74 bits per heavy atom. The lowest BCUT2D eigenvalue weighted by molar-refractivity contribution is 0.669. The van der Waals surface area contributed by atoms with Gasteiger partial charge >= 0.3 is 0 Å². The number of hydrogen-bond donors (Lipinski definition) is 0. The molecule has 1 aliphatic carbocycles. The second kappa shape index (κ2) is 7.14. The first-order valence-electron chi connectivity index (χ1n) is 11.4. The first-order valence-corrected chi connectivity index (χ1v) is 11.4. The third-order valence-corrected chi connectivity index (χ3v) is 6.74. The van der Waals surface area contributed by atoms with Crippen molar-refractivity contribution in [3.8, 4) is 22.9 Å². The Kier molecular flexibility index (Phi) is 3.95. The average Bonchev–Trinajstić information content (AvgIpc) is 3.43. The number of aromatic nitrogens is 1. The van der Waals surface area contributed by atoms with E-state index in [1.807, 2.05) is 42.5 Å². The minimum Gasteiger partial charge on any atom is -0.455 e. The molecule has 0 radical (unpaired) electrons. The zero-order valence-corrected chi connectivity index (χ0v) is 18.3.